The van der Waals surface area contributed by atoms with Gasteiger partial charge in [-0.05, 0) is 20.8 Å². The summed E-state index contributed by atoms with van der Waals surface area (Å²) in [5.41, 5.74) is -0.712. The van der Waals surface area contributed by atoms with Crippen LogP contribution in [-0.4, -0.2) is 86.3 Å². The zero-order chi connectivity index (χ0) is 17.5. The summed E-state index contributed by atoms with van der Waals surface area (Å²) in [6.45, 7) is 13.2. The zero-order valence-corrected chi connectivity index (χ0v) is 18.2. The molecule has 3 N–H and O–H groups in total. The normalized spacial score (nSPS) is 22.2. The predicted octanol–water partition coefficient (Wildman–Crippen LogP) is 0.812. The first-order chi connectivity index (χ1) is 11.5. The summed E-state index contributed by atoms with van der Waals surface area (Å²) in [5.74, 6) is 0.763. The third-order valence-corrected chi connectivity index (χ3v) is 4.84. The summed E-state index contributed by atoms with van der Waals surface area (Å²) in [6, 6.07) is 0. The maximum absolute atomic E-state index is 10.6. The minimum Gasteiger partial charge on any atom is -0.388 e. The Labute approximate surface area is 168 Å². The number of nitrogens with zero attached hydrogens (tertiary/aromatic N) is 2. The van der Waals surface area contributed by atoms with E-state index in [0.717, 1.165) is 38.8 Å². The zero-order valence-electron chi connectivity index (χ0n) is 15.8. The molecule has 2 aliphatic rings. The van der Waals surface area contributed by atoms with Crippen molar-refractivity contribution in [1.29, 1.82) is 0 Å². The van der Waals surface area contributed by atoms with Gasteiger partial charge in [0.1, 0.15) is 0 Å². The number of nitrogens with one attached hydrogen (secondary N) is 2. The Morgan fingerprint density at radius 2 is 1.72 bits per heavy atom. The van der Waals surface area contributed by atoms with E-state index in [2.05, 4.69) is 29.4 Å². The molecule has 0 amide bonds. The van der Waals surface area contributed by atoms with E-state index in [1.807, 2.05) is 6.92 Å². The van der Waals surface area contributed by atoms with E-state index in [1.165, 1.54) is 0 Å². The molecule has 2 heterocycles. The molecule has 2 fully saturated rings. The van der Waals surface area contributed by atoms with Crippen molar-refractivity contribution in [3.8, 4) is 0 Å². The van der Waals surface area contributed by atoms with Crippen LogP contribution in [0.5, 0.6) is 0 Å². The van der Waals surface area contributed by atoms with Gasteiger partial charge in [0.2, 0.25) is 0 Å². The molecule has 0 atom stereocenters. The van der Waals surface area contributed by atoms with E-state index < -0.39 is 5.60 Å². The molecular formula is C17H35IN4O3. The lowest BCUT2D eigenvalue weighted by atomic mass is 9.94. The van der Waals surface area contributed by atoms with Crippen LogP contribution in [-0.2, 0) is 9.47 Å². The van der Waals surface area contributed by atoms with E-state index in [4.69, 9.17) is 14.5 Å². The third-order valence-electron chi connectivity index (χ3n) is 4.84. The Bertz CT molecular complexity index is 409. The quantitative estimate of drug-likeness (QED) is 0.303. The Morgan fingerprint density at radius 3 is 2.32 bits per heavy atom. The van der Waals surface area contributed by atoms with Crippen molar-refractivity contribution in [3.63, 3.8) is 0 Å². The summed E-state index contributed by atoms with van der Waals surface area (Å²) in [5, 5.41) is 17.1. The van der Waals surface area contributed by atoms with Gasteiger partial charge in [0.25, 0.3) is 0 Å². The molecule has 8 heteroatoms. The van der Waals surface area contributed by atoms with Crippen LogP contribution >= 0.6 is 24.0 Å². The number of halogens is 1. The van der Waals surface area contributed by atoms with E-state index in [-0.39, 0.29) is 29.5 Å². The first-order valence-corrected chi connectivity index (χ1v) is 9.10. The maximum Gasteiger partial charge on any atom is 0.191 e. The van der Waals surface area contributed by atoms with Crippen molar-refractivity contribution in [3.05, 3.63) is 0 Å². The fourth-order valence-corrected chi connectivity index (χ4v) is 3.06. The smallest absolute Gasteiger partial charge is 0.191 e. The standard InChI is InChI=1S/C17H34N4O3.HI/c1-4-18-15(20-14-17(22)5-9-23-10-6-17)19-13-16(2,3)21-7-11-24-12-8-21;/h22H,4-14H2,1-3H3,(H2,18,19,20);1H. The highest BCUT2D eigenvalue weighted by Gasteiger charge is 2.30. The Kier molecular flexibility index (Phi) is 9.94. The van der Waals surface area contributed by atoms with Crippen molar-refractivity contribution in [2.24, 2.45) is 4.99 Å². The van der Waals surface area contributed by atoms with Gasteiger partial charge in [-0.3, -0.25) is 9.89 Å². The van der Waals surface area contributed by atoms with Crippen LogP contribution in [0.25, 0.3) is 0 Å². The topological polar surface area (TPSA) is 78.4 Å². The van der Waals surface area contributed by atoms with Gasteiger partial charge < -0.3 is 25.2 Å². The van der Waals surface area contributed by atoms with E-state index in [1.54, 1.807) is 0 Å². The number of rotatable bonds is 6. The van der Waals surface area contributed by atoms with Crippen LogP contribution in [0.15, 0.2) is 4.99 Å². The molecule has 2 rings (SSSR count). The van der Waals surface area contributed by atoms with E-state index in [0.29, 0.717) is 39.1 Å². The van der Waals surface area contributed by atoms with Crippen LogP contribution in [0.4, 0.5) is 0 Å². The van der Waals surface area contributed by atoms with E-state index >= 15 is 0 Å². The second-order valence-corrected chi connectivity index (χ2v) is 7.30. The van der Waals surface area contributed by atoms with Gasteiger partial charge in [-0.25, -0.2) is 0 Å². The number of hydrogen-bond donors (Lipinski definition) is 3. The highest BCUT2D eigenvalue weighted by atomic mass is 127. The maximum atomic E-state index is 10.6. The second kappa shape index (κ2) is 10.9. The lowest BCUT2D eigenvalue weighted by Crippen LogP contribution is -2.53. The summed E-state index contributed by atoms with van der Waals surface area (Å²) in [7, 11) is 0. The van der Waals surface area contributed by atoms with Crippen molar-refractivity contribution in [2.45, 2.75) is 44.8 Å². The van der Waals surface area contributed by atoms with Gasteiger partial charge >= 0.3 is 0 Å². The molecule has 0 saturated carbocycles. The lowest BCUT2D eigenvalue weighted by molar-refractivity contribution is -0.0594. The van der Waals surface area contributed by atoms with Crippen molar-refractivity contribution in [1.82, 2.24) is 15.5 Å². The highest BCUT2D eigenvalue weighted by molar-refractivity contribution is 14.0. The molecule has 0 bridgehead atoms. The van der Waals surface area contributed by atoms with Crippen molar-refractivity contribution < 1.29 is 14.6 Å². The molecule has 0 spiro atoms. The molecule has 2 aliphatic heterocycles. The van der Waals surface area contributed by atoms with Crippen LogP contribution in [0, 0.1) is 0 Å². The predicted molar refractivity (Wildman–Crippen MR) is 111 cm³/mol. The number of aliphatic hydroxyl groups is 1. The van der Waals surface area contributed by atoms with Gasteiger partial charge in [0, 0.05) is 57.8 Å². The van der Waals surface area contributed by atoms with Crippen LogP contribution in [0.2, 0.25) is 0 Å². The Morgan fingerprint density at radius 1 is 1.12 bits per heavy atom. The Balaban J connectivity index is 0.00000312. The SMILES string of the molecule is CCNC(=NCC(C)(C)N1CCOCC1)NCC1(O)CCOCC1.I. The summed E-state index contributed by atoms with van der Waals surface area (Å²) >= 11 is 0. The average molecular weight is 470 g/mol. The van der Waals surface area contributed by atoms with Gasteiger partial charge in [-0.15, -0.1) is 24.0 Å². The van der Waals surface area contributed by atoms with Gasteiger partial charge in [0.05, 0.1) is 25.4 Å². The minimum absolute atomic E-state index is 0. The fraction of sp³-hybridized carbons (Fsp3) is 0.941. The summed E-state index contributed by atoms with van der Waals surface area (Å²) in [4.78, 5) is 7.17. The fourth-order valence-electron chi connectivity index (χ4n) is 3.06. The number of hydrogen-bond acceptors (Lipinski definition) is 5. The number of ether oxygens (including phenoxy) is 2. The molecule has 0 unspecified atom stereocenters. The van der Waals surface area contributed by atoms with Gasteiger partial charge in [-0.2, -0.15) is 0 Å². The van der Waals surface area contributed by atoms with Gasteiger partial charge in [0.15, 0.2) is 5.96 Å². The van der Waals surface area contributed by atoms with Crippen LogP contribution in [0.1, 0.15) is 33.6 Å². The molecule has 25 heavy (non-hydrogen) atoms. The molecule has 0 aromatic carbocycles. The second-order valence-electron chi connectivity index (χ2n) is 7.30. The molecular weight excluding hydrogens is 435 g/mol. The van der Waals surface area contributed by atoms with E-state index in [9.17, 15) is 5.11 Å². The first kappa shape index (κ1) is 22.9. The summed E-state index contributed by atoms with van der Waals surface area (Å²) in [6.07, 6.45) is 1.33. The van der Waals surface area contributed by atoms with Crippen molar-refractivity contribution >= 4 is 29.9 Å². The first-order valence-electron chi connectivity index (χ1n) is 9.10. The molecule has 7 nitrogen and oxygen atoms in total. The molecule has 0 aliphatic carbocycles. The molecule has 0 aromatic rings. The van der Waals surface area contributed by atoms with Crippen molar-refractivity contribution in [2.75, 3.05) is 59.2 Å². The molecule has 148 valence electrons. The molecule has 0 aromatic heterocycles. The lowest BCUT2D eigenvalue weighted by Gasteiger charge is -2.40. The monoisotopic (exact) mass is 470 g/mol. The van der Waals surface area contributed by atoms with Crippen LogP contribution in [0.3, 0.4) is 0 Å². The number of aliphatic imine (C=N–C) groups is 1. The van der Waals surface area contributed by atoms with Crippen LogP contribution < -0.4 is 10.6 Å². The number of guanidine groups is 1. The Hall–Kier alpha value is -0.160. The highest BCUT2D eigenvalue weighted by Crippen LogP contribution is 2.19. The summed E-state index contributed by atoms with van der Waals surface area (Å²) < 4.78 is 10.8. The molecule has 0 radical (unpaired) electrons. The average Bonchev–Trinajstić information content (AvgIpc) is 2.59. The third kappa shape index (κ3) is 7.54. The minimum atomic E-state index is -0.700. The largest absolute Gasteiger partial charge is 0.388 e. The number of morpholine rings is 1. The van der Waals surface area contributed by atoms with Gasteiger partial charge in [-0.1, -0.05) is 0 Å². The molecule has 2 saturated heterocycles.